The van der Waals surface area contributed by atoms with Crippen molar-refractivity contribution in [3.05, 3.63) is 57.1 Å². The summed E-state index contributed by atoms with van der Waals surface area (Å²) >= 11 is 5.92. The van der Waals surface area contributed by atoms with Crippen molar-refractivity contribution in [3.63, 3.8) is 0 Å². The first-order valence-corrected chi connectivity index (χ1v) is 6.49. The molecule has 2 rings (SSSR count). The van der Waals surface area contributed by atoms with E-state index in [0.717, 1.165) is 0 Å². The maximum atomic E-state index is 11.7. The Morgan fingerprint density at radius 3 is 2.59 bits per heavy atom. The van der Waals surface area contributed by atoms with Crippen LogP contribution in [0.5, 0.6) is 0 Å². The number of benzene rings is 2. The average Bonchev–Trinajstić information content (AvgIpc) is 2.48. The minimum atomic E-state index is -0.542. The number of methoxy groups -OCH3 is 1. The summed E-state index contributed by atoms with van der Waals surface area (Å²) in [7, 11) is 1.26. The number of rotatable bonds is 4. The molecule has 0 saturated carbocycles. The SMILES string of the molecule is COC(=O)c1ccc(Cl)cc1Nc1ccc([N+](=O)[O-])cc1N. The number of carbonyl (C=O) groups is 1. The van der Waals surface area contributed by atoms with E-state index in [1.165, 1.54) is 37.4 Å². The van der Waals surface area contributed by atoms with Crippen molar-refractivity contribution in [2.24, 2.45) is 0 Å². The number of nitrogens with two attached hydrogens (primary N) is 1. The van der Waals surface area contributed by atoms with Gasteiger partial charge in [-0.3, -0.25) is 10.1 Å². The van der Waals surface area contributed by atoms with Gasteiger partial charge in [0.15, 0.2) is 0 Å². The molecule has 0 bridgehead atoms. The fourth-order valence-corrected chi connectivity index (χ4v) is 2.00. The largest absolute Gasteiger partial charge is 0.465 e. The van der Waals surface area contributed by atoms with Crippen molar-refractivity contribution in [1.82, 2.24) is 0 Å². The van der Waals surface area contributed by atoms with Crippen LogP contribution in [0.3, 0.4) is 0 Å². The maximum absolute atomic E-state index is 11.7. The zero-order valence-electron chi connectivity index (χ0n) is 11.5. The van der Waals surface area contributed by atoms with E-state index in [2.05, 4.69) is 5.32 Å². The van der Waals surface area contributed by atoms with Crippen LogP contribution in [0.1, 0.15) is 10.4 Å². The molecule has 0 unspecified atom stereocenters. The van der Waals surface area contributed by atoms with Crippen molar-refractivity contribution in [3.8, 4) is 0 Å². The van der Waals surface area contributed by atoms with Crippen LogP contribution in [0, 0.1) is 10.1 Å². The summed E-state index contributed by atoms with van der Waals surface area (Å²) in [6.07, 6.45) is 0. The van der Waals surface area contributed by atoms with Crippen LogP contribution < -0.4 is 11.1 Å². The molecule has 0 spiro atoms. The first-order chi connectivity index (χ1) is 10.4. The van der Waals surface area contributed by atoms with Crippen LogP contribution in [0.15, 0.2) is 36.4 Å². The molecule has 0 aliphatic heterocycles. The molecule has 2 aromatic carbocycles. The standard InChI is InChI=1S/C14H12ClN3O4/c1-22-14(19)10-4-2-8(15)6-13(10)17-12-5-3-9(18(20)21)7-11(12)16/h2-7,17H,16H2,1H3. The molecule has 22 heavy (non-hydrogen) atoms. The normalized spacial score (nSPS) is 10.1. The quantitative estimate of drug-likeness (QED) is 0.387. The fourth-order valence-electron chi connectivity index (χ4n) is 1.83. The number of nitro groups is 1. The lowest BCUT2D eigenvalue weighted by molar-refractivity contribution is -0.384. The van der Waals surface area contributed by atoms with Gasteiger partial charge in [0.25, 0.3) is 5.69 Å². The van der Waals surface area contributed by atoms with Gasteiger partial charge in [0.1, 0.15) is 0 Å². The Hall–Kier alpha value is -2.80. The number of nitrogen functional groups attached to an aromatic ring is 1. The molecule has 0 atom stereocenters. The molecule has 0 fully saturated rings. The highest BCUT2D eigenvalue weighted by Crippen LogP contribution is 2.30. The number of hydrogen-bond donors (Lipinski definition) is 2. The number of nitro benzene ring substituents is 1. The zero-order chi connectivity index (χ0) is 16.3. The van der Waals surface area contributed by atoms with E-state index >= 15 is 0 Å². The van der Waals surface area contributed by atoms with E-state index < -0.39 is 10.9 Å². The van der Waals surface area contributed by atoms with Crippen LogP contribution >= 0.6 is 11.6 Å². The second kappa shape index (κ2) is 6.31. The van der Waals surface area contributed by atoms with Crippen molar-refractivity contribution in [2.75, 3.05) is 18.2 Å². The van der Waals surface area contributed by atoms with Gasteiger partial charge in [0, 0.05) is 17.2 Å². The number of nitrogens with zero attached hydrogens (tertiary/aromatic N) is 1. The van der Waals surface area contributed by atoms with Crippen LogP contribution in [0.25, 0.3) is 0 Å². The van der Waals surface area contributed by atoms with E-state index in [1.54, 1.807) is 6.07 Å². The fraction of sp³-hybridized carbons (Fsp3) is 0.0714. The first kappa shape index (κ1) is 15.6. The second-order valence-corrected chi connectivity index (χ2v) is 4.77. The molecule has 0 radical (unpaired) electrons. The first-order valence-electron chi connectivity index (χ1n) is 6.11. The van der Waals surface area contributed by atoms with Crippen molar-refractivity contribution < 1.29 is 14.5 Å². The highest BCUT2D eigenvalue weighted by atomic mass is 35.5. The Balaban J connectivity index is 2.40. The third kappa shape index (κ3) is 3.26. The Kier molecular flexibility index (Phi) is 4.47. The third-order valence-corrected chi connectivity index (χ3v) is 3.14. The number of hydrogen-bond acceptors (Lipinski definition) is 6. The van der Waals surface area contributed by atoms with Gasteiger partial charge in [-0.05, 0) is 24.3 Å². The molecule has 0 aliphatic rings. The molecule has 0 amide bonds. The van der Waals surface area contributed by atoms with E-state index in [1.807, 2.05) is 0 Å². The molecule has 8 heteroatoms. The Morgan fingerprint density at radius 1 is 1.27 bits per heavy atom. The van der Waals surface area contributed by atoms with Gasteiger partial charge in [-0.25, -0.2) is 4.79 Å². The van der Waals surface area contributed by atoms with Gasteiger partial charge < -0.3 is 15.8 Å². The van der Waals surface area contributed by atoms with Crippen LogP contribution in [-0.4, -0.2) is 18.0 Å². The Morgan fingerprint density at radius 2 is 2.00 bits per heavy atom. The maximum Gasteiger partial charge on any atom is 0.339 e. The van der Waals surface area contributed by atoms with Gasteiger partial charge in [-0.1, -0.05) is 11.6 Å². The number of non-ortho nitro benzene ring substituents is 1. The smallest absolute Gasteiger partial charge is 0.339 e. The lowest BCUT2D eigenvalue weighted by atomic mass is 10.1. The molecule has 0 heterocycles. The Bertz CT molecular complexity index is 749. The van der Waals surface area contributed by atoms with Crippen LogP contribution in [0.2, 0.25) is 5.02 Å². The lowest BCUT2D eigenvalue weighted by Crippen LogP contribution is -2.06. The van der Waals surface area contributed by atoms with Gasteiger partial charge >= 0.3 is 5.97 Å². The Labute approximate surface area is 130 Å². The molecule has 0 aromatic heterocycles. The molecule has 7 nitrogen and oxygen atoms in total. The highest BCUT2D eigenvalue weighted by molar-refractivity contribution is 6.31. The monoisotopic (exact) mass is 321 g/mol. The summed E-state index contributed by atoms with van der Waals surface area (Å²) in [6, 6.07) is 8.59. The van der Waals surface area contributed by atoms with Crippen LogP contribution in [-0.2, 0) is 4.74 Å². The van der Waals surface area contributed by atoms with Gasteiger partial charge in [-0.2, -0.15) is 0 Å². The van der Waals surface area contributed by atoms with Gasteiger partial charge in [-0.15, -0.1) is 0 Å². The third-order valence-electron chi connectivity index (χ3n) is 2.90. The van der Waals surface area contributed by atoms with E-state index in [9.17, 15) is 14.9 Å². The van der Waals surface area contributed by atoms with E-state index in [4.69, 9.17) is 22.1 Å². The number of halogens is 1. The topological polar surface area (TPSA) is 107 Å². The average molecular weight is 322 g/mol. The summed E-state index contributed by atoms with van der Waals surface area (Å²) in [5.74, 6) is -0.542. The minimum Gasteiger partial charge on any atom is -0.465 e. The molecule has 2 aromatic rings. The molecule has 0 aliphatic carbocycles. The van der Waals surface area contributed by atoms with Crippen LogP contribution in [0.4, 0.5) is 22.7 Å². The van der Waals surface area contributed by atoms with E-state index in [-0.39, 0.29) is 16.9 Å². The van der Waals surface area contributed by atoms with Crippen molar-refractivity contribution in [1.29, 1.82) is 0 Å². The summed E-state index contributed by atoms with van der Waals surface area (Å²) < 4.78 is 4.69. The summed E-state index contributed by atoms with van der Waals surface area (Å²) in [5, 5.41) is 14.0. The van der Waals surface area contributed by atoms with E-state index in [0.29, 0.717) is 16.4 Å². The van der Waals surface area contributed by atoms with Crippen molar-refractivity contribution >= 4 is 40.3 Å². The summed E-state index contributed by atoms with van der Waals surface area (Å²) in [6.45, 7) is 0. The second-order valence-electron chi connectivity index (χ2n) is 4.34. The predicted octanol–water partition coefficient (Wildman–Crippen LogP) is 3.36. The van der Waals surface area contributed by atoms with Gasteiger partial charge in [0.2, 0.25) is 0 Å². The minimum absolute atomic E-state index is 0.123. The molecule has 0 saturated heterocycles. The molecule has 3 N–H and O–H groups in total. The zero-order valence-corrected chi connectivity index (χ0v) is 12.3. The summed E-state index contributed by atoms with van der Waals surface area (Å²) in [5.41, 5.74) is 6.91. The highest BCUT2D eigenvalue weighted by Gasteiger charge is 2.14. The summed E-state index contributed by atoms with van der Waals surface area (Å²) in [4.78, 5) is 21.9. The predicted molar refractivity (Wildman–Crippen MR) is 83.6 cm³/mol. The number of ether oxygens (including phenoxy) is 1. The van der Waals surface area contributed by atoms with Gasteiger partial charge in [0.05, 0.1) is 34.7 Å². The molecular formula is C14H12ClN3O4. The number of esters is 1. The molecule has 114 valence electrons. The lowest BCUT2D eigenvalue weighted by Gasteiger charge is -2.13. The number of carbonyl (C=O) groups excluding carboxylic acids is 1. The number of anilines is 3. The molecular weight excluding hydrogens is 310 g/mol. The number of nitrogens with one attached hydrogen (secondary N) is 1. The van der Waals surface area contributed by atoms with Crippen molar-refractivity contribution in [2.45, 2.75) is 0 Å².